The molecule has 1 fully saturated rings. The van der Waals surface area contributed by atoms with Crippen LogP contribution in [-0.4, -0.2) is 42.2 Å². The lowest BCUT2D eigenvalue weighted by molar-refractivity contribution is 0.0675. The van der Waals surface area contributed by atoms with E-state index in [0.717, 1.165) is 5.39 Å². The van der Waals surface area contributed by atoms with Crippen LogP contribution in [0, 0.1) is 5.41 Å². The van der Waals surface area contributed by atoms with Crippen LogP contribution in [0.4, 0.5) is 0 Å². The van der Waals surface area contributed by atoms with Gasteiger partial charge in [-0.2, -0.15) is 0 Å². The summed E-state index contributed by atoms with van der Waals surface area (Å²) in [4.78, 5) is 14.6. The third-order valence-electron chi connectivity index (χ3n) is 4.37. The van der Waals surface area contributed by atoms with E-state index in [1.807, 2.05) is 18.2 Å². The van der Waals surface area contributed by atoms with Crippen molar-refractivity contribution in [3.8, 4) is 5.75 Å². The van der Waals surface area contributed by atoms with Crippen molar-refractivity contribution in [1.82, 2.24) is 4.90 Å². The molecule has 1 N–H and O–H groups in total. The van der Waals surface area contributed by atoms with E-state index in [4.69, 9.17) is 9.15 Å². The van der Waals surface area contributed by atoms with Crippen molar-refractivity contribution in [2.75, 3.05) is 20.2 Å². The maximum absolute atomic E-state index is 12.8. The minimum Gasteiger partial charge on any atom is -0.493 e. The molecular weight excluding hydrogens is 294 g/mol. The predicted octanol–water partition coefficient (Wildman–Crippen LogP) is 3.06. The standard InChI is InChI=1S/C18H23NO4/c1-18(2)10-13(20)7-8-19(11-18)17(21)15-9-12-5-4-6-14(22-3)16(12)23-15/h4-6,9,13,20H,7-8,10-11H2,1-3H3. The Morgan fingerprint density at radius 2 is 2.22 bits per heavy atom. The molecule has 3 rings (SSSR count). The van der Waals surface area contributed by atoms with Crippen molar-refractivity contribution >= 4 is 16.9 Å². The quantitative estimate of drug-likeness (QED) is 0.924. The van der Waals surface area contributed by atoms with Gasteiger partial charge in [0.25, 0.3) is 5.91 Å². The van der Waals surface area contributed by atoms with E-state index in [-0.39, 0.29) is 17.4 Å². The molecule has 1 aromatic carbocycles. The van der Waals surface area contributed by atoms with Crippen LogP contribution in [0.15, 0.2) is 28.7 Å². The van der Waals surface area contributed by atoms with Gasteiger partial charge in [0.2, 0.25) is 0 Å². The Bertz CT molecular complexity index is 719. The molecule has 0 radical (unpaired) electrons. The number of fused-ring (bicyclic) bond motifs is 1. The van der Waals surface area contributed by atoms with E-state index in [0.29, 0.717) is 43.0 Å². The number of methoxy groups -OCH3 is 1. The lowest BCUT2D eigenvalue weighted by Crippen LogP contribution is -2.37. The molecule has 1 atom stereocenters. The monoisotopic (exact) mass is 317 g/mol. The third kappa shape index (κ3) is 3.20. The van der Waals surface area contributed by atoms with Gasteiger partial charge in [-0.25, -0.2) is 0 Å². The van der Waals surface area contributed by atoms with Crippen LogP contribution < -0.4 is 4.74 Å². The van der Waals surface area contributed by atoms with Gasteiger partial charge in [0, 0.05) is 18.5 Å². The fourth-order valence-corrected chi connectivity index (χ4v) is 3.34. The van der Waals surface area contributed by atoms with Crippen LogP contribution in [0.1, 0.15) is 37.2 Å². The summed E-state index contributed by atoms with van der Waals surface area (Å²) in [5.41, 5.74) is 0.474. The molecule has 1 aliphatic rings. The Kier molecular flexibility index (Phi) is 4.06. The van der Waals surface area contributed by atoms with Crippen molar-refractivity contribution < 1.29 is 19.1 Å². The summed E-state index contributed by atoms with van der Waals surface area (Å²) < 4.78 is 11.0. The van der Waals surface area contributed by atoms with Gasteiger partial charge < -0.3 is 19.2 Å². The molecule has 0 saturated carbocycles. The second-order valence-electron chi connectivity index (χ2n) is 7.03. The van der Waals surface area contributed by atoms with Gasteiger partial charge in [-0.1, -0.05) is 26.0 Å². The highest BCUT2D eigenvalue weighted by Gasteiger charge is 2.32. The first-order valence-electron chi connectivity index (χ1n) is 7.93. The number of aliphatic hydroxyl groups is 1. The number of aliphatic hydroxyl groups excluding tert-OH is 1. The molecular formula is C18H23NO4. The summed E-state index contributed by atoms with van der Waals surface area (Å²) in [7, 11) is 1.58. The van der Waals surface area contributed by atoms with Crippen molar-refractivity contribution in [3.63, 3.8) is 0 Å². The molecule has 1 aliphatic heterocycles. The highest BCUT2D eigenvalue weighted by Crippen LogP contribution is 2.32. The molecule has 1 saturated heterocycles. The first-order valence-corrected chi connectivity index (χ1v) is 7.93. The van der Waals surface area contributed by atoms with E-state index in [2.05, 4.69) is 13.8 Å². The van der Waals surface area contributed by atoms with E-state index in [1.54, 1.807) is 18.1 Å². The molecule has 1 aromatic heterocycles. The molecule has 5 heteroatoms. The zero-order chi connectivity index (χ0) is 16.6. The number of rotatable bonds is 2. The molecule has 2 heterocycles. The Morgan fingerprint density at radius 3 is 2.96 bits per heavy atom. The highest BCUT2D eigenvalue weighted by molar-refractivity contribution is 5.97. The fraction of sp³-hybridized carbons (Fsp3) is 0.500. The van der Waals surface area contributed by atoms with Crippen LogP contribution in [-0.2, 0) is 0 Å². The van der Waals surface area contributed by atoms with E-state index < -0.39 is 0 Å². The fourth-order valence-electron chi connectivity index (χ4n) is 3.34. The minimum absolute atomic E-state index is 0.116. The number of furan rings is 1. The van der Waals surface area contributed by atoms with Gasteiger partial charge >= 0.3 is 0 Å². The second kappa shape index (κ2) is 5.89. The molecule has 0 spiro atoms. The maximum atomic E-state index is 12.8. The molecule has 5 nitrogen and oxygen atoms in total. The van der Waals surface area contributed by atoms with Crippen molar-refractivity contribution in [3.05, 3.63) is 30.0 Å². The SMILES string of the molecule is COc1cccc2cc(C(=O)N3CCC(O)CC(C)(C)C3)oc12. The Morgan fingerprint density at radius 1 is 1.43 bits per heavy atom. The van der Waals surface area contributed by atoms with Gasteiger partial charge in [0.1, 0.15) is 0 Å². The number of likely N-dealkylation sites (tertiary alicyclic amines) is 1. The summed E-state index contributed by atoms with van der Waals surface area (Å²) in [6.07, 6.45) is 0.933. The Labute approximate surface area is 135 Å². The lowest BCUT2D eigenvalue weighted by Gasteiger charge is -2.29. The van der Waals surface area contributed by atoms with E-state index in [1.165, 1.54) is 0 Å². The normalized spacial score (nSPS) is 21.2. The number of para-hydroxylation sites is 1. The topological polar surface area (TPSA) is 62.9 Å². The van der Waals surface area contributed by atoms with Crippen LogP contribution in [0.3, 0.4) is 0 Å². The maximum Gasteiger partial charge on any atom is 0.289 e. The Hall–Kier alpha value is -2.01. The molecule has 0 bridgehead atoms. The number of hydrogen-bond acceptors (Lipinski definition) is 4. The van der Waals surface area contributed by atoms with Crippen LogP contribution >= 0.6 is 0 Å². The molecule has 1 unspecified atom stereocenters. The molecule has 124 valence electrons. The van der Waals surface area contributed by atoms with Crippen LogP contribution in [0.25, 0.3) is 11.0 Å². The number of nitrogens with zero attached hydrogens (tertiary/aromatic N) is 1. The van der Waals surface area contributed by atoms with Crippen molar-refractivity contribution in [2.45, 2.75) is 32.8 Å². The van der Waals surface area contributed by atoms with Gasteiger partial charge in [-0.05, 0) is 30.4 Å². The first kappa shape index (κ1) is 15.9. The van der Waals surface area contributed by atoms with E-state index >= 15 is 0 Å². The number of benzene rings is 1. The number of hydrogen-bond donors (Lipinski definition) is 1. The van der Waals surface area contributed by atoms with Gasteiger partial charge in [-0.15, -0.1) is 0 Å². The first-order chi connectivity index (χ1) is 10.9. The smallest absolute Gasteiger partial charge is 0.289 e. The van der Waals surface area contributed by atoms with Crippen molar-refractivity contribution in [1.29, 1.82) is 0 Å². The number of ether oxygens (including phenoxy) is 1. The lowest BCUT2D eigenvalue weighted by atomic mass is 9.87. The van der Waals surface area contributed by atoms with Gasteiger partial charge in [0.05, 0.1) is 13.2 Å². The summed E-state index contributed by atoms with van der Waals surface area (Å²) in [5.74, 6) is 0.801. The largest absolute Gasteiger partial charge is 0.493 e. The highest BCUT2D eigenvalue weighted by atomic mass is 16.5. The van der Waals surface area contributed by atoms with Crippen LogP contribution in [0.2, 0.25) is 0 Å². The summed E-state index contributed by atoms with van der Waals surface area (Å²) in [6.45, 7) is 5.29. The van der Waals surface area contributed by atoms with E-state index in [9.17, 15) is 9.90 Å². The van der Waals surface area contributed by atoms with Gasteiger partial charge in [-0.3, -0.25) is 4.79 Å². The number of amides is 1. The number of carbonyl (C=O) groups is 1. The second-order valence-corrected chi connectivity index (χ2v) is 7.03. The Balaban J connectivity index is 1.90. The summed E-state index contributed by atoms with van der Waals surface area (Å²) >= 11 is 0. The summed E-state index contributed by atoms with van der Waals surface area (Å²) in [5, 5.41) is 10.8. The van der Waals surface area contributed by atoms with Crippen LogP contribution in [0.5, 0.6) is 5.75 Å². The molecule has 2 aromatic rings. The average Bonchev–Trinajstić information content (AvgIpc) is 2.87. The minimum atomic E-state index is -0.362. The zero-order valence-electron chi connectivity index (χ0n) is 13.8. The molecule has 0 aliphatic carbocycles. The number of carbonyl (C=O) groups excluding carboxylic acids is 1. The molecule has 23 heavy (non-hydrogen) atoms. The van der Waals surface area contributed by atoms with Crippen molar-refractivity contribution in [2.24, 2.45) is 5.41 Å². The molecule has 1 amide bonds. The zero-order valence-corrected chi connectivity index (χ0v) is 13.8. The van der Waals surface area contributed by atoms with Gasteiger partial charge in [0.15, 0.2) is 17.1 Å². The average molecular weight is 317 g/mol. The summed E-state index contributed by atoms with van der Waals surface area (Å²) in [6, 6.07) is 7.34. The third-order valence-corrected chi connectivity index (χ3v) is 4.37. The predicted molar refractivity (Wildman–Crippen MR) is 87.7 cm³/mol.